The van der Waals surface area contributed by atoms with Crippen molar-refractivity contribution < 1.29 is 14.6 Å². The van der Waals surface area contributed by atoms with Crippen molar-refractivity contribution >= 4 is 16.8 Å². The molecule has 0 aliphatic carbocycles. The van der Waals surface area contributed by atoms with Crippen molar-refractivity contribution in [2.24, 2.45) is 0 Å². The van der Waals surface area contributed by atoms with E-state index in [4.69, 9.17) is 14.8 Å². The maximum Gasteiger partial charge on any atom is 0.252 e. The van der Waals surface area contributed by atoms with E-state index in [9.17, 15) is 4.79 Å². The molecule has 0 radical (unpaired) electrons. The van der Waals surface area contributed by atoms with Crippen LogP contribution in [0.5, 0.6) is 0 Å². The van der Waals surface area contributed by atoms with Crippen LogP contribution >= 0.6 is 0 Å². The minimum Gasteiger partial charge on any atom is -0.394 e. The fourth-order valence-corrected chi connectivity index (χ4v) is 5.59. The lowest BCUT2D eigenvalue weighted by molar-refractivity contribution is 0.0563. The van der Waals surface area contributed by atoms with Crippen LogP contribution in [-0.4, -0.2) is 78.3 Å². The molecule has 214 valence electrons. The first kappa shape index (κ1) is 28.9. The van der Waals surface area contributed by atoms with Crippen LogP contribution in [-0.2, 0) is 11.3 Å². The highest BCUT2D eigenvalue weighted by Gasteiger charge is 2.26. The van der Waals surface area contributed by atoms with Gasteiger partial charge in [-0.1, -0.05) is 85.8 Å². The Morgan fingerprint density at radius 1 is 0.902 bits per heavy atom. The molecule has 1 aliphatic rings. The fourth-order valence-electron chi connectivity index (χ4n) is 5.59. The van der Waals surface area contributed by atoms with Crippen molar-refractivity contribution in [3.05, 3.63) is 102 Å². The number of nitrogens with one attached hydrogen (secondary N) is 1. The molecule has 1 fully saturated rings. The number of aliphatic hydroxyl groups excluding tert-OH is 1. The van der Waals surface area contributed by atoms with Gasteiger partial charge in [0, 0.05) is 55.8 Å². The van der Waals surface area contributed by atoms with E-state index in [2.05, 4.69) is 46.3 Å². The van der Waals surface area contributed by atoms with Gasteiger partial charge in [0.15, 0.2) is 0 Å². The molecule has 2 heterocycles. The summed E-state index contributed by atoms with van der Waals surface area (Å²) in [7, 11) is 0. The first-order valence-corrected chi connectivity index (χ1v) is 14.6. The Balaban J connectivity index is 1.49. The average Bonchev–Trinajstić information content (AvgIpc) is 3.03. The highest BCUT2D eigenvalue weighted by molar-refractivity contribution is 6.09. The van der Waals surface area contributed by atoms with Gasteiger partial charge in [-0.25, -0.2) is 4.98 Å². The fraction of sp³-hybridized carbons (Fsp3) is 0.353. The smallest absolute Gasteiger partial charge is 0.252 e. The van der Waals surface area contributed by atoms with E-state index in [1.165, 1.54) is 0 Å². The summed E-state index contributed by atoms with van der Waals surface area (Å²) >= 11 is 0. The van der Waals surface area contributed by atoms with Gasteiger partial charge in [0.2, 0.25) is 0 Å². The normalized spacial score (nSPS) is 15.2. The third-order valence-corrected chi connectivity index (χ3v) is 7.82. The Kier molecular flexibility index (Phi) is 10.1. The predicted molar refractivity (Wildman–Crippen MR) is 164 cm³/mol. The highest BCUT2D eigenvalue weighted by atomic mass is 16.5. The molecule has 41 heavy (non-hydrogen) atoms. The molecule has 4 aromatic rings. The molecule has 1 atom stereocenters. The number of aliphatic hydroxyl groups is 1. The monoisotopic (exact) mass is 552 g/mol. The Bertz CT molecular complexity index is 1410. The maximum atomic E-state index is 14.3. The van der Waals surface area contributed by atoms with Crippen molar-refractivity contribution in [1.82, 2.24) is 20.1 Å². The number of ether oxygens (including phenoxy) is 1. The lowest BCUT2D eigenvalue weighted by Crippen LogP contribution is -2.47. The van der Waals surface area contributed by atoms with Gasteiger partial charge in [0.05, 0.1) is 42.6 Å². The quantitative estimate of drug-likeness (QED) is 0.243. The summed E-state index contributed by atoms with van der Waals surface area (Å²) in [4.78, 5) is 24.2. The molecular weight excluding hydrogens is 512 g/mol. The summed E-state index contributed by atoms with van der Waals surface area (Å²) in [6.07, 6.45) is 0.795. The van der Waals surface area contributed by atoms with Gasteiger partial charge in [-0.05, 0) is 18.1 Å². The molecule has 3 aromatic carbocycles. The Labute approximate surface area is 242 Å². The molecule has 5 rings (SSSR count). The molecule has 0 spiro atoms. The van der Waals surface area contributed by atoms with E-state index >= 15 is 0 Å². The number of pyridine rings is 1. The number of aromatic nitrogens is 1. The first-order valence-electron chi connectivity index (χ1n) is 14.6. The summed E-state index contributed by atoms with van der Waals surface area (Å²) in [6.45, 7) is 8.30. The van der Waals surface area contributed by atoms with E-state index in [0.29, 0.717) is 25.3 Å². The van der Waals surface area contributed by atoms with Crippen LogP contribution in [0.4, 0.5) is 0 Å². The average molecular weight is 553 g/mol. The number of nitrogens with zero attached hydrogens (tertiary/aromatic N) is 3. The zero-order chi connectivity index (χ0) is 28.4. The number of para-hydroxylation sites is 1. The number of hydrogen-bond acceptors (Lipinski definition) is 6. The summed E-state index contributed by atoms with van der Waals surface area (Å²) in [5.74, 6) is -0.0637. The first-order chi connectivity index (χ1) is 20.2. The van der Waals surface area contributed by atoms with Crippen molar-refractivity contribution in [3.8, 4) is 11.3 Å². The van der Waals surface area contributed by atoms with E-state index in [1.54, 1.807) is 0 Å². The van der Waals surface area contributed by atoms with Gasteiger partial charge >= 0.3 is 0 Å². The minimum absolute atomic E-state index is 0.0532. The van der Waals surface area contributed by atoms with Crippen LogP contribution in [0.3, 0.4) is 0 Å². The highest BCUT2D eigenvalue weighted by Crippen LogP contribution is 2.32. The Hall–Kier alpha value is -3.62. The van der Waals surface area contributed by atoms with Gasteiger partial charge in [-0.3, -0.25) is 14.6 Å². The lowest BCUT2D eigenvalue weighted by atomic mass is 9.94. The van der Waals surface area contributed by atoms with Gasteiger partial charge in [-0.15, -0.1) is 0 Å². The molecule has 1 aliphatic heterocycles. The van der Waals surface area contributed by atoms with Crippen LogP contribution in [0.15, 0.2) is 84.9 Å². The lowest BCUT2D eigenvalue weighted by Gasteiger charge is -2.35. The maximum absolute atomic E-state index is 14.3. The van der Waals surface area contributed by atoms with Crippen LogP contribution in [0, 0.1) is 0 Å². The topological polar surface area (TPSA) is 77.9 Å². The molecule has 0 bridgehead atoms. The molecule has 0 saturated carbocycles. The van der Waals surface area contributed by atoms with Crippen LogP contribution < -0.4 is 5.32 Å². The van der Waals surface area contributed by atoms with Gasteiger partial charge in [0.25, 0.3) is 5.91 Å². The van der Waals surface area contributed by atoms with Crippen LogP contribution in [0.2, 0.25) is 0 Å². The number of carbonyl (C=O) groups excluding carboxylic acids is 1. The number of piperazine rings is 1. The number of fused-ring (bicyclic) bond motifs is 1. The molecular formula is C34H40N4O3. The molecule has 7 nitrogen and oxygen atoms in total. The number of carbonyl (C=O) groups is 1. The van der Waals surface area contributed by atoms with E-state index in [0.717, 1.165) is 72.4 Å². The van der Waals surface area contributed by atoms with Gasteiger partial charge < -0.3 is 15.2 Å². The van der Waals surface area contributed by atoms with Crippen molar-refractivity contribution in [1.29, 1.82) is 0 Å². The predicted octanol–water partition coefficient (Wildman–Crippen LogP) is 4.91. The van der Waals surface area contributed by atoms with Crippen LogP contribution in [0.25, 0.3) is 22.2 Å². The standard InChI is InChI=1S/C34H40N4O3/c1-2-30(26-11-5-3-6-12-26)36-34(40)32-28-15-9-10-16-31(28)35-33(27-13-7-4-8-14-27)29(32)25-38-19-17-37(18-20-38)21-23-41-24-22-39/h3-16,30,39H,2,17-25H2,1H3,(H,36,40)/t30-/m0/s1. The number of amides is 1. The molecule has 2 N–H and O–H groups in total. The number of hydrogen-bond donors (Lipinski definition) is 2. The number of benzene rings is 3. The van der Waals surface area contributed by atoms with E-state index in [-0.39, 0.29) is 18.6 Å². The third kappa shape index (κ3) is 7.18. The van der Waals surface area contributed by atoms with Crippen molar-refractivity contribution in [2.75, 3.05) is 52.5 Å². The molecule has 7 heteroatoms. The summed E-state index contributed by atoms with van der Waals surface area (Å²) in [5, 5.41) is 13.2. The number of rotatable bonds is 12. The Morgan fingerprint density at radius 2 is 1.56 bits per heavy atom. The second-order valence-corrected chi connectivity index (χ2v) is 10.5. The molecule has 1 aromatic heterocycles. The Morgan fingerprint density at radius 3 is 2.27 bits per heavy atom. The summed E-state index contributed by atoms with van der Waals surface area (Å²) < 4.78 is 5.47. The van der Waals surface area contributed by atoms with Crippen molar-refractivity contribution in [3.63, 3.8) is 0 Å². The molecule has 1 saturated heterocycles. The third-order valence-electron chi connectivity index (χ3n) is 7.82. The second-order valence-electron chi connectivity index (χ2n) is 10.5. The van der Waals surface area contributed by atoms with E-state index in [1.807, 2.05) is 60.7 Å². The summed E-state index contributed by atoms with van der Waals surface area (Å²) in [6, 6.07) is 28.3. The zero-order valence-corrected chi connectivity index (χ0v) is 23.8. The largest absolute Gasteiger partial charge is 0.394 e. The van der Waals surface area contributed by atoms with Crippen molar-refractivity contribution in [2.45, 2.75) is 25.9 Å². The van der Waals surface area contributed by atoms with Crippen LogP contribution in [0.1, 0.15) is 40.9 Å². The molecule has 1 amide bonds. The SMILES string of the molecule is CC[C@H](NC(=O)c1c(CN2CCN(CCOCCO)CC2)c(-c2ccccc2)nc2ccccc12)c1ccccc1. The van der Waals surface area contributed by atoms with Gasteiger partial charge in [0.1, 0.15) is 0 Å². The minimum atomic E-state index is -0.0831. The second kappa shape index (κ2) is 14.3. The van der Waals surface area contributed by atoms with E-state index < -0.39 is 0 Å². The molecule has 0 unspecified atom stereocenters. The summed E-state index contributed by atoms with van der Waals surface area (Å²) in [5.41, 5.74) is 5.48. The zero-order valence-electron chi connectivity index (χ0n) is 23.8. The van der Waals surface area contributed by atoms with Gasteiger partial charge in [-0.2, -0.15) is 0 Å².